The Hall–Kier alpha value is -0.640. The fourth-order valence-corrected chi connectivity index (χ4v) is 3.62. The first-order valence-electron chi connectivity index (χ1n) is 10.0. The summed E-state index contributed by atoms with van der Waals surface area (Å²) in [7, 11) is 0. The van der Waals surface area contributed by atoms with Crippen molar-refractivity contribution in [3.05, 3.63) is 24.8 Å². The molecule has 0 spiro atoms. The highest BCUT2D eigenvalue weighted by Crippen LogP contribution is 2.38. The summed E-state index contributed by atoms with van der Waals surface area (Å²) in [5.41, 5.74) is 0. The molecule has 0 aromatic heterocycles. The molecule has 0 N–H and O–H groups in total. The maximum Gasteiger partial charge on any atom is 0.0877 e. The van der Waals surface area contributed by atoms with Crippen molar-refractivity contribution in [3.63, 3.8) is 0 Å². The van der Waals surface area contributed by atoms with Crippen LogP contribution in [-0.2, 0) is 14.2 Å². The normalized spacial score (nSPS) is 36.9. The standard InChI is InChI=1S/C21H34O3/c1-3-5-7-11-16-17(22-16)13-9-10-14-19-21(24-19)15-20-18(23-20)12-8-6-4-2/h3,9-10,16-21H,1,4-8,11-15H2,2H3/b10-9-. The predicted molar refractivity (Wildman–Crippen MR) is 97.2 cm³/mol. The van der Waals surface area contributed by atoms with E-state index in [4.69, 9.17) is 14.2 Å². The van der Waals surface area contributed by atoms with E-state index in [2.05, 4.69) is 25.7 Å². The van der Waals surface area contributed by atoms with Crippen LogP contribution in [-0.4, -0.2) is 36.6 Å². The fraction of sp³-hybridized carbons (Fsp3) is 0.810. The Kier molecular flexibility index (Phi) is 6.94. The van der Waals surface area contributed by atoms with Crippen molar-refractivity contribution in [2.45, 2.75) is 108 Å². The molecule has 3 saturated heterocycles. The second-order valence-electron chi connectivity index (χ2n) is 7.53. The molecule has 3 fully saturated rings. The zero-order chi connectivity index (χ0) is 16.8. The van der Waals surface area contributed by atoms with Crippen molar-refractivity contribution < 1.29 is 14.2 Å². The lowest BCUT2D eigenvalue weighted by Crippen LogP contribution is -2.01. The maximum atomic E-state index is 5.78. The second-order valence-corrected chi connectivity index (χ2v) is 7.53. The van der Waals surface area contributed by atoms with Gasteiger partial charge in [-0.25, -0.2) is 0 Å². The highest BCUT2D eigenvalue weighted by molar-refractivity contribution is 5.00. The Morgan fingerprint density at radius 1 is 0.750 bits per heavy atom. The highest BCUT2D eigenvalue weighted by atomic mass is 16.6. The van der Waals surface area contributed by atoms with Gasteiger partial charge in [0.2, 0.25) is 0 Å². The Morgan fingerprint density at radius 3 is 2.08 bits per heavy atom. The highest BCUT2D eigenvalue weighted by Gasteiger charge is 2.47. The van der Waals surface area contributed by atoms with Crippen LogP contribution < -0.4 is 0 Å². The molecular weight excluding hydrogens is 300 g/mol. The van der Waals surface area contributed by atoms with Crippen LogP contribution in [0.3, 0.4) is 0 Å². The summed E-state index contributed by atoms with van der Waals surface area (Å²) in [6.45, 7) is 6.01. The van der Waals surface area contributed by atoms with E-state index in [1.807, 2.05) is 6.08 Å². The maximum absolute atomic E-state index is 5.78. The summed E-state index contributed by atoms with van der Waals surface area (Å²) < 4.78 is 17.2. The first kappa shape index (κ1) is 18.2. The Balaban J connectivity index is 1.16. The molecule has 0 aromatic carbocycles. The van der Waals surface area contributed by atoms with E-state index in [1.54, 1.807) is 0 Å². The SMILES string of the molecule is C=CCCCC1OC1C/C=C\CC1OC1CC1OC1CCCCC. The predicted octanol–water partition coefficient (Wildman–Crippen LogP) is 4.95. The average Bonchev–Trinajstić information content (AvgIpc) is 3.46. The van der Waals surface area contributed by atoms with Crippen LogP contribution in [0.15, 0.2) is 24.8 Å². The molecule has 0 aliphatic carbocycles. The molecule has 0 aromatic rings. The largest absolute Gasteiger partial charge is 0.369 e. The van der Waals surface area contributed by atoms with Gasteiger partial charge in [-0.1, -0.05) is 44.4 Å². The fourth-order valence-electron chi connectivity index (χ4n) is 3.62. The smallest absolute Gasteiger partial charge is 0.0877 e. The van der Waals surface area contributed by atoms with Crippen molar-refractivity contribution in [2.24, 2.45) is 0 Å². The van der Waals surface area contributed by atoms with Gasteiger partial charge in [-0.15, -0.1) is 6.58 Å². The lowest BCUT2D eigenvalue weighted by Gasteiger charge is -1.94. The molecule has 0 bridgehead atoms. The number of hydrogen-bond donors (Lipinski definition) is 0. The zero-order valence-electron chi connectivity index (χ0n) is 15.2. The van der Waals surface area contributed by atoms with Gasteiger partial charge in [0.1, 0.15) is 0 Å². The molecule has 0 amide bonds. The minimum Gasteiger partial charge on any atom is -0.369 e. The van der Waals surface area contributed by atoms with Gasteiger partial charge in [-0.3, -0.25) is 0 Å². The summed E-state index contributed by atoms with van der Waals surface area (Å²) in [6, 6.07) is 0. The first-order chi connectivity index (χ1) is 11.8. The first-order valence-corrected chi connectivity index (χ1v) is 10.0. The molecule has 6 atom stereocenters. The molecule has 0 saturated carbocycles. The van der Waals surface area contributed by atoms with E-state index in [0.717, 1.165) is 25.7 Å². The summed E-state index contributed by atoms with van der Waals surface area (Å²) in [5, 5.41) is 0. The number of allylic oxidation sites excluding steroid dienone is 1. The minimum absolute atomic E-state index is 0.435. The second kappa shape index (κ2) is 9.17. The van der Waals surface area contributed by atoms with Crippen molar-refractivity contribution >= 4 is 0 Å². The van der Waals surface area contributed by atoms with E-state index in [1.165, 1.54) is 38.5 Å². The number of hydrogen-bond acceptors (Lipinski definition) is 3. The molecule has 136 valence electrons. The van der Waals surface area contributed by atoms with E-state index in [0.29, 0.717) is 36.6 Å². The summed E-state index contributed by atoms with van der Waals surface area (Å²) in [4.78, 5) is 0. The molecular formula is C21H34O3. The van der Waals surface area contributed by atoms with Crippen LogP contribution in [0, 0.1) is 0 Å². The van der Waals surface area contributed by atoms with Crippen LogP contribution in [0.1, 0.15) is 71.1 Å². The quantitative estimate of drug-likeness (QED) is 0.256. The molecule has 3 rings (SSSR count). The molecule has 24 heavy (non-hydrogen) atoms. The third kappa shape index (κ3) is 6.02. The number of rotatable bonds is 14. The summed E-state index contributed by atoms with van der Waals surface area (Å²) in [6.07, 6.45) is 21.3. The minimum atomic E-state index is 0.435. The van der Waals surface area contributed by atoms with Crippen molar-refractivity contribution in [1.29, 1.82) is 0 Å². The molecule has 3 heteroatoms. The third-order valence-corrected chi connectivity index (χ3v) is 5.42. The lowest BCUT2D eigenvalue weighted by atomic mass is 10.1. The molecule has 3 heterocycles. The van der Waals surface area contributed by atoms with Gasteiger partial charge in [-0.05, 0) is 38.5 Å². The number of unbranched alkanes of at least 4 members (excludes halogenated alkanes) is 3. The lowest BCUT2D eigenvalue weighted by molar-refractivity contribution is 0.321. The van der Waals surface area contributed by atoms with Gasteiger partial charge in [0, 0.05) is 6.42 Å². The Bertz CT molecular complexity index is 419. The van der Waals surface area contributed by atoms with E-state index < -0.39 is 0 Å². The van der Waals surface area contributed by atoms with Crippen LogP contribution in [0.5, 0.6) is 0 Å². The third-order valence-electron chi connectivity index (χ3n) is 5.42. The van der Waals surface area contributed by atoms with Crippen LogP contribution in [0.4, 0.5) is 0 Å². The van der Waals surface area contributed by atoms with E-state index in [9.17, 15) is 0 Å². The van der Waals surface area contributed by atoms with Gasteiger partial charge in [0.15, 0.2) is 0 Å². The number of ether oxygens (including phenoxy) is 3. The monoisotopic (exact) mass is 334 g/mol. The molecule has 0 radical (unpaired) electrons. The van der Waals surface area contributed by atoms with Crippen molar-refractivity contribution in [3.8, 4) is 0 Å². The van der Waals surface area contributed by atoms with Gasteiger partial charge >= 0.3 is 0 Å². The summed E-state index contributed by atoms with van der Waals surface area (Å²) >= 11 is 0. The average molecular weight is 335 g/mol. The Labute approximate surface area is 147 Å². The molecule has 3 aliphatic heterocycles. The summed E-state index contributed by atoms with van der Waals surface area (Å²) in [5.74, 6) is 0. The van der Waals surface area contributed by atoms with Gasteiger partial charge < -0.3 is 14.2 Å². The van der Waals surface area contributed by atoms with Crippen LogP contribution >= 0.6 is 0 Å². The molecule has 6 unspecified atom stereocenters. The zero-order valence-corrected chi connectivity index (χ0v) is 15.2. The van der Waals surface area contributed by atoms with Crippen molar-refractivity contribution in [1.82, 2.24) is 0 Å². The van der Waals surface area contributed by atoms with Crippen LogP contribution in [0.2, 0.25) is 0 Å². The molecule has 3 aliphatic rings. The van der Waals surface area contributed by atoms with E-state index >= 15 is 0 Å². The van der Waals surface area contributed by atoms with Gasteiger partial charge in [-0.2, -0.15) is 0 Å². The number of epoxide rings is 3. The van der Waals surface area contributed by atoms with Gasteiger partial charge in [0.25, 0.3) is 0 Å². The van der Waals surface area contributed by atoms with Crippen molar-refractivity contribution in [2.75, 3.05) is 0 Å². The van der Waals surface area contributed by atoms with Crippen LogP contribution in [0.25, 0.3) is 0 Å². The molecule has 3 nitrogen and oxygen atoms in total. The Morgan fingerprint density at radius 2 is 1.33 bits per heavy atom. The topological polar surface area (TPSA) is 37.6 Å². The van der Waals surface area contributed by atoms with E-state index in [-0.39, 0.29) is 0 Å². The van der Waals surface area contributed by atoms with Gasteiger partial charge in [0.05, 0.1) is 36.6 Å².